The van der Waals surface area contributed by atoms with E-state index in [2.05, 4.69) is 17.4 Å². The zero-order valence-corrected chi connectivity index (χ0v) is 14.1. The molecule has 0 saturated heterocycles. The zero-order valence-electron chi connectivity index (χ0n) is 13.4. The van der Waals surface area contributed by atoms with Gasteiger partial charge in [0, 0.05) is 10.6 Å². The van der Waals surface area contributed by atoms with Crippen molar-refractivity contribution in [1.82, 2.24) is 5.32 Å². The number of hydrogen-bond acceptors (Lipinski definition) is 1. The summed E-state index contributed by atoms with van der Waals surface area (Å²) >= 11 is 5.95. The van der Waals surface area contributed by atoms with Gasteiger partial charge in [-0.1, -0.05) is 54.1 Å². The molecule has 0 spiro atoms. The maximum Gasteiger partial charge on any atom is 0.227 e. The Labute approximate surface area is 142 Å². The molecule has 1 aliphatic rings. The first kappa shape index (κ1) is 16.1. The number of rotatable bonds is 5. The largest absolute Gasteiger partial charge is 0.350 e. The second-order valence-electron chi connectivity index (χ2n) is 6.56. The van der Waals surface area contributed by atoms with Crippen LogP contribution in [0.5, 0.6) is 0 Å². The van der Waals surface area contributed by atoms with Crippen LogP contribution >= 0.6 is 11.6 Å². The topological polar surface area (TPSA) is 29.1 Å². The monoisotopic (exact) mass is 327 g/mol. The van der Waals surface area contributed by atoms with E-state index in [1.54, 1.807) is 0 Å². The molecule has 120 valence electrons. The van der Waals surface area contributed by atoms with Crippen molar-refractivity contribution in [3.8, 4) is 0 Å². The molecule has 2 nitrogen and oxygen atoms in total. The van der Waals surface area contributed by atoms with Crippen LogP contribution in [0, 0.1) is 0 Å². The molecule has 3 heteroatoms. The highest BCUT2D eigenvalue weighted by Crippen LogP contribution is 2.36. The number of carbonyl (C=O) groups excluding carboxylic acids is 1. The minimum atomic E-state index is -0.126. The van der Waals surface area contributed by atoms with E-state index in [1.807, 2.05) is 49.4 Å². The van der Waals surface area contributed by atoms with E-state index in [0.29, 0.717) is 0 Å². The lowest BCUT2D eigenvalue weighted by Crippen LogP contribution is -2.55. The summed E-state index contributed by atoms with van der Waals surface area (Å²) in [5, 5.41) is 4.07. The molecule has 0 heterocycles. The highest BCUT2D eigenvalue weighted by atomic mass is 35.5. The molecule has 23 heavy (non-hydrogen) atoms. The Bertz CT molecular complexity index is 662. The SMILES string of the molecule is CC(C(=O)NC1(Cc2ccc(Cl)cc2)CCC1)c1ccccc1. The first-order valence-corrected chi connectivity index (χ1v) is 8.57. The van der Waals surface area contributed by atoms with Crippen molar-refractivity contribution >= 4 is 17.5 Å². The van der Waals surface area contributed by atoms with E-state index in [0.717, 1.165) is 29.8 Å². The van der Waals surface area contributed by atoms with E-state index < -0.39 is 0 Å². The van der Waals surface area contributed by atoms with Crippen molar-refractivity contribution in [1.29, 1.82) is 0 Å². The minimum Gasteiger partial charge on any atom is -0.350 e. The zero-order chi connectivity index (χ0) is 16.3. The van der Waals surface area contributed by atoms with Crippen molar-refractivity contribution in [2.24, 2.45) is 0 Å². The van der Waals surface area contributed by atoms with Gasteiger partial charge in [-0.2, -0.15) is 0 Å². The summed E-state index contributed by atoms with van der Waals surface area (Å²) in [4.78, 5) is 12.7. The van der Waals surface area contributed by atoms with Crippen molar-refractivity contribution in [3.63, 3.8) is 0 Å². The van der Waals surface area contributed by atoms with Gasteiger partial charge in [-0.25, -0.2) is 0 Å². The van der Waals surface area contributed by atoms with Crippen LogP contribution in [-0.2, 0) is 11.2 Å². The number of amides is 1. The van der Waals surface area contributed by atoms with Crippen molar-refractivity contribution in [3.05, 3.63) is 70.7 Å². The molecule has 1 aliphatic carbocycles. The second-order valence-corrected chi connectivity index (χ2v) is 7.00. The van der Waals surface area contributed by atoms with Crippen molar-refractivity contribution < 1.29 is 4.79 Å². The van der Waals surface area contributed by atoms with Crippen molar-refractivity contribution in [2.75, 3.05) is 0 Å². The van der Waals surface area contributed by atoms with Gasteiger partial charge in [0.25, 0.3) is 0 Å². The second kappa shape index (κ2) is 6.76. The molecule has 1 amide bonds. The fourth-order valence-electron chi connectivity index (χ4n) is 3.21. The fourth-order valence-corrected chi connectivity index (χ4v) is 3.33. The molecule has 1 fully saturated rings. The Hall–Kier alpha value is -1.80. The number of nitrogens with one attached hydrogen (secondary N) is 1. The Balaban J connectivity index is 1.69. The lowest BCUT2D eigenvalue weighted by atomic mass is 9.72. The van der Waals surface area contributed by atoms with Crippen LogP contribution in [0.2, 0.25) is 5.02 Å². The number of benzene rings is 2. The lowest BCUT2D eigenvalue weighted by Gasteiger charge is -2.43. The van der Waals surface area contributed by atoms with E-state index in [1.165, 1.54) is 12.0 Å². The molecule has 0 radical (unpaired) electrons. The molecule has 1 N–H and O–H groups in total. The summed E-state index contributed by atoms with van der Waals surface area (Å²) in [7, 11) is 0. The first-order chi connectivity index (χ1) is 11.1. The third kappa shape index (κ3) is 3.76. The Morgan fingerprint density at radius 2 is 1.78 bits per heavy atom. The third-order valence-corrected chi connectivity index (χ3v) is 5.10. The van der Waals surface area contributed by atoms with Crippen LogP contribution in [-0.4, -0.2) is 11.4 Å². The van der Waals surface area contributed by atoms with Crippen LogP contribution in [0.25, 0.3) is 0 Å². The number of hydrogen-bond donors (Lipinski definition) is 1. The van der Waals surface area contributed by atoms with Gasteiger partial charge >= 0.3 is 0 Å². The summed E-state index contributed by atoms with van der Waals surface area (Å²) in [5.41, 5.74) is 2.20. The molecule has 0 aromatic heterocycles. The third-order valence-electron chi connectivity index (χ3n) is 4.85. The van der Waals surface area contributed by atoms with Gasteiger partial charge in [-0.05, 0) is 55.9 Å². The van der Waals surface area contributed by atoms with Crippen molar-refractivity contribution in [2.45, 2.75) is 44.1 Å². The van der Waals surface area contributed by atoms with Gasteiger partial charge in [0.1, 0.15) is 0 Å². The van der Waals surface area contributed by atoms with Crippen LogP contribution in [0.15, 0.2) is 54.6 Å². The minimum absolute atomic E-state index is 0.0893. The molecule has 0 bridgehead atoms. The standard InChI is InChI=1S/C20H22ClNO/c1-15(17-6-3-2-4-7-17)19(23)22-20(12-5-13-20)14-16-8-10-18(21)11-9-16/h2-4,6-11,15H,5,12-14H2,1H3,(H,22,23). The summed E-state index contributed by atoms with van der Waals surface area (Å²) < 4.78 is 0. The summed E-state index contributed by atoms with van der Waals surface area (Å²) in [6.45, 7) is 1.97. The van der Waals surface area contributed by atoms with E-state index in [4.69, 9.17) is 11.6 Å². The van der Waals surface area contributed by atoms with E-state index in [-0.39, 0.29) is 17.4 Å². The molecule has 1 unspecified atom stereocenters. The molecular weight excluding hydrogens is 306 g/mol. The summed E-state index contributed by atoms with van der Waals surface area (Å²) in [6, 6.07) is 17.9. The first-order valence-electron chi connectivity index (χ1n) is 8.19. The average molecular weight is 328 g/mol. The van der Waals surface area contributed by atoms with Gasteiger partial charge < -0.3 is 5.32 Å². The van der Waals surface area contributed by atoms with Crippen LogP contribution < -0.4 is 5.32 Å². The summed E-state index contributed by atoms with van der Waals surface area (Å²) in [6.07, 6.45) is 4.14. The van der Waals surface area contributed by atoms with Gasteiger partial charge in [0.05, 0.1) is 5.92 Å². The maximum absolute atomic E-state index is 12.7. The smallest absolute Gasteiger partial charge is 0.227 e. The van der Waals surface area contributed by atoms with Gasteiger partial charge in [0.2, 0.25) is 5.91 Å². The lowest BCUT2D eigenvalue weighted by molar-refractivity contribution is -0.125. The fraction of sp³-hybridized carbons (Fsp3) is 0.350. The van der Waals surface area contributed by atoms with Gasteiger partial charge in [0.15, 0.2) is 0 Å². The molecule has 2 aromatic rings. The molecule has 1 saturated carbocycles. The molecule has 2 aromatic carbocycles. The van der Waals surface area contributed by atoms with Crippen LogP contribution in [0.1, 0.15) is 43.2 Å². The van der Waals surface area contributed by atoms with Crippen LogP contribution in [0.4, 0.5) is 0 Å². The Morgan fingerprint density at radius 1 is 1.13 bits per heavy atom. The van der Waals surface area contributed by atoms with Gasteiger partial charge in [-0.15, -0.1) is 0 Å². The molecular formula is C20H22ClNO. The Morgan fingerprint density at radius 3 is 2.35 bits per heavy atom. The predicted molar refractivity (Wildman–Crippen MR) is 94.7 cm³/mol. The molecule has 1 atom stereocenters. The highest BCUT2D eigenvalue weighted by molar-refractivity contribution is 6.30. The number of carbonyl (C=O) groups is 1. The number of halogens is 1. The quantitative estimate of drug-likeness (QED) is 0.845. The van der Waals surface area contributed by atoms with Crippen LogP contribution in [0.3, 0.4) is 0 Å². The van der Waals surface area contributed by atoms with E-state index in [9.17, 15) is 4.79 Å². The summed E-state index contributed by atoms with van der Waals surface area (Å²) in [5.74, 6) is -0.0104. The Kier molecular flexibility index (Phi) is 4.72. The maximum atomic E-state index is 12.7. The predicted octanol–water partition coefficient (Wildman–Crippen LogP) is 4.73. The average Bonchev–Trinajstić information content (AvgIpc) is 2.54. The molecule has 0 aliphatic heterocycles. The van der Waals surface area contributed by atoms with E-state index >= 15 is 0 Å². The van der Waals surface area contributed by atoms with Gasteiger partial charge in [-0.3, -0.25) is 4.79 Å². The highest BCUT2D eigenvalue weighted by Gasteiger charge is 2.39. The molecule has 3 rings (SSSR count). The normalized spacial score (nSPS) is 17.1.